The van der Waals surface area contributed by atoms with E-state index in [9.17, 15) is 9.18 Å². The van der Waals surface area contributed by atoms with Crippen LogP contribution in [-0.4, -0.2) is 28.9 Å². The highest BCUT2D eigenvalue weighted by molar-refractivity contribution is 5.86. The molecule has 1 amide bonds. The third kappa shape index (κ3) is 2.50. The van der Waals surface area contributed by atoms with Gasteiger partial charge in [-0.3, -0.25) is 9.78 Å². The largest absolute Gasteiger partial charge is 0.342 e. The molecule has 4 rings (SSSR count). The van der Waals surface area contributed by atoms with Gasteiger partial charge < -0.3 is 4.90 Å². The molecular formula is C20H21FN2O. The summed E-state index contributed by atoms with van der Waals surface area (Å²) >= 11 is 0. The summed E-state index contributed by atoms with van der Waals surface area (Å²) in [5.74, 6) is 0.239. The molecule has 1 aromatic heterocycles. The molecule has 3 nitrogen and oxygen atoms in total. The highest BCUT2D eigenvalue weighted by Gasteiger charge is 2.48. The van der Waals surface area contributed by atoms with Crippen LogP contribution >= 0.6 is 0 Å². The molecule has 1 saturated heterocycles. The van der Waals surface area contributed by atoms with Crippen molar-refractivity contribution in [2.24, 2.45) is 5.92 Å². The van der Waals surface area contributed by atoms with Crippen molar-refractivity contribution >= 4 is 5.91 Å². The monoisotopic (exact) mass is 324 g/mol. The predicted octanol–water partition coefficient (Wildman–Crippen LogP) is 4.00. The molecule has 0 spiro atoms. The normalized spacial score (nSPS) is 26.5. The number of rotatable bonds is 2. The maximum absolute atomic E-state index is 13.1. The smallest absolute Gasteiger partial charge is 0.232 e. The minimum atomic E-state index is -0.244. The fraction of sp³-hybridized carbons (Fsp3) is 0.400. The molecular weight excluding hydrogens is 303 g/mol. The summed E-state index contributed by atoms with van der Waals surface area (Å²) in [7, 11) is 1.93. The van der Waals surface area contributed by atoms with Crippen molar-refractivity contribution in [3.05, 3.63) is 54.1 Å². The second kappa shape index (κ2) is 6.00. The molecule has 1 aromatic carbocycles. The van der Waals surface area contributed by atoms with Gasteiger partial charge in [0.1, 0.15) is 5.82 Å². The lowest BCUT2D eigenvalue weighted by Crippen LogP contribution is -2.33. The molecule has 0 N–H and O–H groups in total. The van der Waals surface area contributed by atoms with Crippen molar-refractivity contribution in [3.63, 3.8) is 0 Å². The number of aromatic nitrogens is 1. The number of hydrogen-bond acceptors (Lipinski definition) is 2. The number of amides is 1. The van der Waals surface area contributed by atoms with E-state index in [0.717, 1.165) is 29.7 Å². The van der Waals surface area contributed by atoms with Gasteiger partial charge in [-0.1, -0.05) is 31.0 Å². The van der Waals surface area contributed by atoms with Crippen LogP contribution in [-0.2, 0) is 4.79 Å². The van der Waals surface area contributed by atoms with Crippen LogP contribution < -0.4 is 0 Å². The summed E-state index contributed by atoms with van der Waals surface area (Å²) in [4.78, 5) is 19.2. The number of hydrogen-bond donors (Lipinski definition) is 0. The lowest BCUT2D eigenvalue weighted by molar-refractivity contribution is -0.128. The number of halogens is 1. The van der Waals surface area contributed by atoms with Gasteiger partial charge in [0.2, 0.25) is 5.91 Å². The van der Waals surface area contributed by atoms with E-state index in [1.54, 1.807) is 18.3 Å². The molecule has 1 aliphatic carbocycles. The Hall–Kier alpha value is -2.23. The average Bonchev–Trinajstić information content (AvgIpc) is 2.87. The molecule has 3 atom stereocenters. The summed E-state index contributed by atoms with van der Waals surface area (Å²) in [6.07, 6.45) is 6.42. The highest BCUT2D eigenvalue weighted by atomic mass is 19.1. The van der Waals surface area contributed by atoms with Crippen LogP contribution in [0.4, 0.5) is 4.39 Å². The number of likely N-dealkylation sites (N-methyl/N-ethyl adjacent to an activating group) is 1. The van der Waals surface area contributed by atoms with Crippen molar-refractivity contribution in [2.45, 2.75) is 37.6 Å². The first-order valence-electron chi connectivity index (χ1n) is 8.64. The van der Waals surface area contributed by atoms with Gasteiger partial charge in [0.05, 0.1) is 11.6 Å². The maximum atomic E-state index is 13.1. The van der Waals surface area contributed by atoms with Crippen LogP contribution in [0, 0.1) is 11.7 Å². The Kier molecular flexibility index (Phi) is 3.83. The molecule has 1 aliphatic heterocycles. The van der Waals surface area contributed by atoms with Crippen LogP contribution in [0.3, 0.4) is 0 Å². The van der Waals surface area contributed by atoms with Crippen molar-refractivity contribution in [2.75, 3.05) is 7.05 Å². The molecule has 2 fully saturated rings. The molecule has 2 heterocycles. The number of benzene rings is 1. The first-order valence-corrected chi connectivity index (χ1v) is 8.64. The van der Waals surface area contributed by atoms with E-state index in [2.05, 4.69) is 4.98 Å². The number of likely N-dealkylation sites (tertiary alicyclic amines) is 1. The van der Waals surface area contributed by atoms with Crippen LogP contribution in [0.1, 0.15) is 37.3 Å². The van der Waals surface area contributed by atoms with E-state index >= 15 is 0 Å². The Bertz CT molecular complexity index is 741. The number of pyridine rings is 1. The summed E-state index contributed by atoms with van der Waals surface area (Å²) in [6, 6.07) is 10.7. The molecule has 1 saturated carbocycles. The number of nitrogens with zero attached hydrogens (tertiary/aromatic N) is 2. The second-order valence-electron chi connectivity index (χ2n) is 6.92. The molecule has 2 aliphatic rings. The van der Waals surface area contributed by atoms with Gasteiger partial charge in [-0.05, 0) is 42.5 Å². The Balaban J connectivity index is 1.62. The van der Waals surface area contributed by atoms with Gasteiger partial charge in [0.25, 0.3) is 0 Å². The van der Waals surface area contributed by atoms with Gasteiger partial charge in [0.15, 0.2) is 0 Å². The Morgan fingerprint density at radius 1 is 1.04 bits per heavy atom. The summed E-state index contributed by atoms with van der Waals surface area (Å²) in [6.45, 7) is 0. The van der Waals surface area contributed by atoms with Crippen LogP contribution in [0.5, 0.6) is 0 Å². The molecule has 24 heavy (non-hydrogen) atoms. The quantitative estimate of drug-likeness (QED) is 0.836. The lowest BCUT2D eigenvalue weighted by Gasteiger charge is -2.29. The van der Waals surface area contributed by atoms with E-state index in [1.165, 1.54) is 25.0 Å². The topological polar surface area (TPSA) is 33.2 Å². The van der Waals surface area contributed by atoms with Crippen LogP contribution in [0.2, 0.25) is 0 Å². The first-order chi connectivity index (χ1) is 11.6. The lowest BCUT2D eigenvalue weighted by atomic mass is 9.78. The van der Waals surface area contributed by atoms with Gasteiger partial charge in [-0.15, -0.1) is 0 Å². The Morgan fingerprint density at radius 2 is 1.75 bits per heavy atom. The zero-order valence-corrected chi connectivity index (χ0v) is 13.8. The minimum Gasteiger partial charge on any atom is -0.342 e. The average molecular weight is 324 g/mol. The second-order valence-corrected chi connectivity index (χ2v) is 6.92. The van der Waals surface area contributed by atoms with Crippen LogP contribution in [0.25, 0.3) is 11.1 Å². The fourth-order valence-corrected chi connectivity index (χ4v) is 4.32. The minimum absolute atomic E-state index is 0.109. The van der Waals surface area contributed by atoms with E-state index in [1.807, 2.05) is 24.1 Å². The molecule has 0 unspecified atom stereocenters. The van der Waals surface area contributed by atoms with E-state index in [-0.39, 0.29) is 17.6 Å². The molecule has 2 aromatic rings. The number of fused-ring (bicyclic) bond motifs is 1. The highest BCUT2D eigenvalue weighted by Crippen LogP contribution is 2.44. The van der Waals surface area contributed by atoms with Crippen molar-refractivity contribution in [1.82, 2.24) is 9.88 Å². The van der Waals surface area contributed by atoms with Crippen molar-refractivity contribution in [3.8, 4) is 11.1 Å². The van der Waals surface area contributed by atoms with E-state index < -0.39 is 0 Å². The van der Waals surface area contributed by atoms with E-state index in [0.29, 0.717) is 12.0 Å². The Labute approximate surface area is 141 Å². The Morgan fingerprint density at radius 3 is 2.46 bits per heavy atom. The van der Waals surface area contributed by atoms with Crippen LogP contribution in [0.15, 0.2) is 42.6 Å². The molecule has 124 valence electrons. The molecule has 4 heteroatoms. The SMILES string of the molecule is CN1C(=O)[C@H](c2ccc(-c3ccc(F)cc3)cn2)[C@H]2CCCC[C@H]21. The standard InChI is InChI=1S/C20H21FN2O/c1-23-18-5-3-2-4-16(18)19(20(23)24)17-11-8-14(12-22-17)13-6-9-15(21)10-7-13/h6-12,16,18-19H,2-5H2,1H3/t16-,18+,19-/m0/s1. The zero-order valence-electron chi connectivity index (χ0n) is 13.8. The zero-order chi connectivity index (χ0) is 16.7. The van der Waals surface area contributed by atoms with E-state index in [4.69, 9.17) is 0 Å². The fourth-order valence-electron chi connectivity index (χ4n) is 4.32. The summed E-state index contributed by atoms with van der Waals surface area (Å²) < 4.78 is 13.1. The van der Waals surface area contributed by atoms with Gasteiger partial charge in [-0.2, -0.15) is 0 Å². The summed E-state index contributed by atoms with van der Waals surface area (Å²) in [5.41, 5.74) is 2.74. The third-order valence-corrected chi connectivity index (χ3v) is 5.60. The molecule has 0 radical (unpaired) electrons. The van der Waals surface area contributed by atoms with Gasteiger partial charge in [0, 0.05) is 24.8 Å². The number of carbonyl (C=O) groups is 1. The maximum Gasteiger partial charge on any atom is 0.232 e. The third-order valence-electron chi connectivity index (χ3n) is 5.60. The van der Waals surface area contributed by atoms with Crippen molar-refractivity contribution < 1.29 is 9.18 Å². The molecule has 0 bridgehead atoms. The predicted molar refractivity (Wildman–Crippen MR) is 90.9 cm³/mol. The first kappa shape index (κ1) is 15.3. The van der Waals surface area contributed by atoms with Gasteiger partial charge >= 0.3 is 0 Å². The summed E-state index contributed by atoms with van der Waals surface area (Å²) in [5, 5.41) is 0. The number of carbonyl (C=O) groups excluding carboxylic acids is 1. The van der Waals surface area contributed by atoms with Gasteiger partial charge in [-0.25, -0.2) is 4.39 Å². The van der Waals surface area contributed by atoms with Crippen molar-refractivity contribution in [1.29, 1.82) is 0 Å².